The highest BCUT2D eigenvalue weighted by Gasteiger charge is 2.28. The van der Waals surface area contributed by atoms with Gasteiger partial charge >= 0.3 is 0 Å². The molecule has 1 saturated carbocycles. The Kier molecular flexibility index (Phi) is 4.11. The fraction of sp³-hybridized carbons (Fsp3) is 0.714. The quantitative estimate of drug-likeness (QED) is 0.874. The Balaban J connectivity index is 2.06. The van der Waals surface area contributed by atoms with Gasteiger partial charge < -0.3 is 5.11 Å². The highest BCUT2D eigenvalue weighted by Crippen LogP contribution is 2.37. The topological polar surface area (TPSA) is 46.0 Å². The average Bonchev–Trinajstić information content (AvgIpc) is 2.38. The van der Waals surface area contributed by atoms with Crippen molar-refractivity contribution in [3.05, 3.63) is 23.8 Å². The number of aryl methyl sites for hydroxylation is 1. The molecule has 0 amide bonds. The summed E-state index contributed by atoms with van der Waals surface area (Å²) in [5.41, 5.74) is 0.791. The Labute approximate surface area is 103 Å². The second-order valence-electron chi connectivity index (χ2n) is 5.17. The van der Waals surface area contributed by atoms with Gasteiger partial charge in [-0.05, 0) is 37.7 Å². The molecular weight excluding hydrogens is 212 g/mol. The van der Waals surface area contributed by atoms with Gasteiger partial charge in [0.2, 0.25) is 0 Å². The third-order valence-corrected chi connectivity index (χ3v) is 3.95. The van der Waals surface area contributed by atoms with Crippen molar-refractivity contribution in [1.82, 2.24) is 9.97 Å². The lowest BCUT2D eigenvalue weighted by Crippen LogP contribution is -2.22. The maximum atomic E-state index is 10.4. The molecule has 0 spiro atoms. The molecule has 0 radical (unpaired) electrons. The molecule has 1 aliphatic carbocycles. The Morgan fingerprint density at radius 3 is 3.00 bits per heavy atom. The first-order valence-corrected chi connectivity index (χ1v) is 6.68. The van der Waals surface area contributed by atoms with E-state index in [0.717, 1.165) is 30.3 Å². The van der Waals surface area contributed by atoms with Gasteiger partial charge in [-0.25, -0.2) is 9.97 Å². The van der Waals surface area contributed by atoms with E-state index < -0.39 is 6.10 Å². The summed E-state index contributed by atoms with van der Waals surface area (Å²) in [5.74, 6) is 1.90. The van der Waals surface area contributed by atoms with E-state index in [1.54, 1.807) is 6.20 Å². The lowest BCUT2D eigenvalue weighted by atomic mass is 9.77. The van der Waals surface area contributed by atoms with Gasteiger partial charge in [0, 0.05) is 6.20 Å². The van der Waals surface area contributed by atoms with E-state index in [2.05, 4.69) is 16.9 Å². The van der Waals surface area contributed by atoms with Gasteiger partial charge in [0.25, 0.3) is 0 Å². The summed E-state index contributed by atoms with van der Waals surface area (Å²) >= 11 is 0. The molecular formula is C14H22N2O. The van der Waals surface area contributed by atoms with E-state index in [1.807, 2.05) is 13.0 Å². The largest absolute Gasteiger partial charge is 0.387 e. The van der Waals surface area contributed by atoms with Gasteiger partial charge in [0.15, 0.2) is 0 Å². The van der Waals surface area contributed by atoms with Crippen LogP contribution in [0.2, 0.25) is 0 Å². The minimum Gasteiger partial charge on any atom is -0.387 e. The van der Waals surface area contributed by atoms with Gasteiger partial charge in [-0.1, -0.05) is 26.2 Å². The first-order chi connectivity index (χ1) is 8.20. The fourth-order valence-electron chi connectivity index (χ4n) is 2.87. The second kappa shape index (κ2) is 5.58. The van der Waals surface area contributed by atoms with Crippen molar-refractivity contribution in [2.24, 2.45) is 11.8 Å². The Hall–Kier alpha value is -0.960. The lowest BCUT2D eigenvalue weighted by Gasteiger charge is -2.31. The summed E-state index contributed by atoms with van der Waals surface area (Å²) in [7, 11) is 0. The van der Waals surface area contributed by atoms with Crippen LogP contribution in [-0.4, -0.2) is 15.1 Å². The molecule has 0 saturated heterocycles. The lowest BCUT2D eigenvalue weighted by molar-refractivity contribution is 0.0643. The van der Waals surface area contributed by atoms with Crippen molar-refractivity contribution in [1.29, 1.82) is 0 Å². The van der Waals surface area contributed by atoms with Crippen LogP contribution in [0.3, 0.4) is 0 Å². The zero-order valence-electron chi connectivity index (χ0n) is 10.8. The van der Waals surface area contributed by atoms with E-state index in [4.69, 9.17) is 0 Å². The Morgan fingerprint density at radius 1 is 1.47 bits per heavy atom. The molecule has 1 N–H and O–H groups in total. The summed E-state index contributed by atoms with van der Waals surface area (Å²) in [4.78, 5) is 8.41. The predicted octanol–water partition coefficient (Wildman–Crippen LogP) is 3.03. The van der Waals surface area contributed by atoms with Crippen molar-refractivity contribution in [3.8, 4) is 0 Å². The minimum absolute atomic E-state index is 0.378. The molecule has 1 heterocycles. The summed E-state index contributed by atoms with van der Waals surface area (Å²) in [6.45, 7) is 4.11. The smallest absolute Gasteiger partial charge is 0.125 e. The number of hydrogen-bond donors (Lipinski definition) is 1. The zero-order valence-corrected chi connectivity index (χ0v) is 10.8. The number of aliphatic hydroxyl groups is 1. The normalized spacial score (nSPS) is 26.8. The molecule has 3 unspecified atom stereocenters. The van der Waals surface area contributed by atoms with Crippen LogP contribution < -0.4 is 0 Å². The van der Waals surface area contributed by atoms with Gasteiger partial charge in [-0.3, -0.25) is 0 Å². The molecule has 3 nitrogen and oxygen atoms in total. The van der Waals surface area contributed by atoms with E-state index >= 15 is 0 Å². The molecule has 0 aliphatic heterocycles. The third-order valence-electron chi connectivity index (χ3n) is 3.95. The number of nitrogens with zero attached hydrogens (tertiary/aromatic N) is 2. The predicted molar refractivity (Wildman–Crippen MR) is 67.5 cm³/mol. The zero-order chi connectivity index (χ0) is 12.3. The van der Waals surface area contributed by atoms with Gasteiger partial charge in [-0.15, -0.1) is 0 Å². The molecule has 2 rings (SSSR count). The molecule has 3 atom stereocenters. The van der Waals surface area contributed by atoms with Crippen LogP contribution in [0.25, 0.3) is 0 Å². The Morgan fingerprint density at radius 2 is 2.29 bits per heavy atom. The van der Waals surface area contributed by atoms with Crippen LogP contribution in [0.4, 0.5) is 0 Å². The van der Waals surface area contributed by atoms with Crippen LogP contribution >= 0.6 is 0 Å². The van der Waals surface area contributed by atoms with E-state index in [0.29, 0.717) is 5.92 Å². The first kappa shape index (κ1) is 12.5. The highest BCUT2D eigenvalue weighted by molar-refractivity contribution is 5.06. The molecule has 3 heteroatoms. The van der Waals surface area contributed by atoms with Gasteiger partial charge in [0.1, 0.15) is 5.82 Å². The standard InChI is InChI=1S/C14H22N2O/c1-3-11-5-4-6-12(9-11)14(17)13-7-8-15-10(2)16-13/h7-8,11-12,14,17H,3-6,9H2,1-2H3. The van der Waals surface area contributed by atoms with Gasteiger partial charge in [-0.2, -0.15) is 0 Å². The number of rotatable bonds is 3. The summed E-state index contributed by atoms with van der Waals surface area (Å²) in [5, 5.41) is 10.4. The van der Waals surface area contributed by atoms with Crippen molar-refractivity contribution < 1.29 is 5.11 Å². The van der Waals surface area contributed by atoms with Crippen LogP contribution in [-0.2, 0) is 0 Å². The van der Waals surface area contributed by atoms with Crippen LogP contribution in [0.1, 0.15) is 56.7 Å². The SMILES string of the molecule is CCC1CCCC(C(O)c2ccnc(C)n2)C1. The number of aliphatic hydroxyl groups excluding tert-OH is 1. The second-order valence-corrected chi connectivity index (χ2v) is 5.17. The molecule has 1 aromatic heterocycles. The number of aromatic nitrogens is 2. The van der Waals surface area contributed by atoms with Crippen molar-refractivity contribution >= 4 is 0 Å². The first-order valence-electron chi connectivity index (χ1n) is 6.68. The molecule has 1 fully saturated rings. The van der Waals surface area contributed by atoms with E-state index in [-0.39, 0.29) is 0 Å². The van der Waals surface area contributed by atoms with Crippen LogP contribution in [0, 0.1) is 18.8 Å². The molecule has 17 heavy (non-hydrogen) atoms. The third kappa shape index (κ3) is 3.03. The molecule has 0 bridgehead atoms. The average molecular weight is 234 g/mol. The van der Waals surface area contributed by atoms with Crippen molar-refractivity contribution in [2.75, 3.05) is 0 Å². The number of hydrogen-bond acceptors (Lipinski definition) is 3. The van der Waals surface area contributed by atoms with E-state index in [9.17, 15) is 5.11 Å². The Bertz CT molecular complexity index is 367. The van der Waals surface area contributed by atoms with E-state index in [1.165, 1.54) is 19.3 Å². The molecule has 0 aromatic carbocycles. The maximum Gasteiger partial charge on any atom is 0.125 e. The summed E-state index contributed by atoms with van der Waals surface area (Å²) in [6, 6.07) is 1.84. The fourth-order valence-corrected chi connectivity index (χ4v) is 2.87. The summed E-state index contributed by atoms with van der Waals surface area (Å²) in [6.07, 6.45) is 7.38. The van der Waals surface area contributed by atoms with Crippen molar-refractivity contribution in [2.45, 2.75) is 52.1 Å². The minimum atomic E-state index is -0.411. The maximum absolute atomic E-state index is 10.4. The molecule has 1 aromatic rings. The van der Waals surface area contributed by atoms with Crippen LogP contribution in [0.15, 0.2) is 12.3 Å². The molecule has 1 aliphatic rings. The highest BCUT2D eigenvalue weighted by atomic mass is 16.3. The molecule has 94 valence electrons. The summed E-state index contributed by atoms with van der Waals surface area (Å²) < 4.78 is 0. The van der Waals surface area contributed by atoms with Gasteiger partial charge in [0.05, 0.1) is 11.8 Å². The monoisotopic (exact) mass is 234 g/mol. The van der Waals surface area contributed by atoms with Crippen LogP contribution in [0.5, 0.6) is 0 Å². The van der Waals surface area contributed by atoms with Crippen molar-refractivity contribution in [3.63, 3.8) is 0 Å².